The normalized spacial score (nSPS) is 12.3. The summed E-state index contributed by atoms with van der Waals surface area (Å²) in [6.07, 6.45) is 0.970. The molecule has 0 aliphatic carbocycles. The largest absolute Gasteiger partial charge is 0.491 e. The zero-order chi connectivity index (χ0) is 22.2. The minimum Gasteiger partial charge on any atom is -0.491 e. The molecule has 5 heteroatoms. The summed E-state index contributed by atoms with van der Waals surface area (Å²) in [5.41, 5.74) is 3.08. The van der Waals surface area contributed by atoms with Gasteiger partial charge in [-0.2, -0.15) is 0 Å². The van der Waals surface area contributed by atoms with Gasteiger partial charge < -0.3 is 14.3 Å². The highest BCUT2D eigenvalue weighted by atomic mass is 16.5. The van der Waals surface area contributed by atoms with E-state index in [1.807, 2.05) is 12.1 Å². The summed E-state index contributed by atoms with van der Waals surface area (Å²) < 4.78 is 11.2. The molecule has 1 heterocycles. The van der Waals surface area contributed by atoms with Crippen LogP contribution in [0.2, 0.25) is 0 Å². The number of aliphatic hydroxyl groups excluding tert-OH is 1. The Labute approximate surface area is 184 Å². The van der Waals surface area contributed by atoms with Gasteiger partial charge in [0.2, 0.25) is 0 Å². The van der Waals surface area contributed by atoms with Crippen molar-refractivity contribution in [2.75, 3.05) is 13.2 Å². The van der Waals surface area contributed by atoms with Crippen molar-refractivity contribution in [3.63, 3.8) is 0 Å². The monoisotopic (exact) mass is 421 g/mol. The number of furan rings is 1. The van der Waals surface area contributed by atoms with E-state index in [-0.39, 0.29) is 12.4 Å². The minimum atomic E-state index is -0.689. The predicted octanol–water partition coefficient (Wildman–Crippen LogP) is 5.05. The predicted molar refractivity (Wildman–Crippen MR) is 121 cm³/mol. The molecule has 2 aromatic carbocycles. The third-order valence-electron chi connectivity index (χ3n) is 5.16. The lowest BCUT2D eigenvalue weighted by molar-refractivity contribution is 0.0604. The first kappa shape index (κ1) is 22.8. The summed E-state index contributed by atoms with van der Waals surface area (Å²) in [7, 11) is 0. The third kappa shape index (κ3) is 7.09. The van der Waals surface area contributed by atoms with Crippen LogP contribution in [0.4, 0.5) is 0 Å². The molecule has 1 atom stereocenters. The fraction of sp³-hybridized carbons (Fsp3) is 0.346. The van der Waals surface area contributed by atoms with Gasteiger partial charge in [0.1, 0.15) is 24.2 Å². The molecule has 0 amide bonds. The van der Waals surface area contributed by atoms with Crippen LogP contribution in [0.25, 0.3) is 0 Å². The van der Waals surface area contributed by atoms with E-state index < -0.39 is 6.10 Å². The van der Waals surface area contributed by atoms with Crippen LogP contribution in [0.1, 0.15) is 53.9 Å². The number of hydrogen-bond donors (Lipinski definition) is 1. The number of ketones is 1. The van der Waals surface area contributed by atoms with Gasteiger partial charge in [0.25, 0.3) is 0 Å². The van der Waals surface area contributed by atoms with Gasteiger partial charge in [-0.15, -0.1) is 0 Å². The maximum absolute atomic E-state index is 11.5. The second-order valence-corrected chi connectivity index (χ2v) is 8.19. The molecule has 0 saturated carbocycles. The summed E-state index contributed by atoms with van der Waals surface area (Å²) >= 11 is 0. The van der Waals surface area contributed by atoms with Crippen molar-refractivity contribution in [1.29, 1.82) is 0 Å². The Balaban J connectivity index is 1.62. The second kappa shape index (κ2) is 10.9. The number of rotatable bonds is 11. The van der Waals surface area contributed by atoms with E-state index >= 15 is 0 Å². The van der Waals surface area contributed by atoms with Gasteiger partial charge in [-0.25, -0.2) is 0 Å². The Morgan fingerprint density at radius 3 is 2.48 bits per heavy atom. The lowest BCUT2D eigenvalue weighted by Crippen LogP contribution is -2.35. The number of nitrogens with zero attached hydrogens (tertiary/aromatic N) is 1. The van der Waals surface area contributed by atoms with Gasteiger partial charge in [0, 0.05) is 18.7 Å². The van der Waals surface area contributed by atoms with Crippen LogP contribution >= 0.6 is 0 Å². The number of carbonyl (C=O) groups excluding carboxylic acids is 1. The summed E-state index contributed by atoms with van der Waals surface area (Å²) in [5.74, 6) is 1.91. The Hall–Kier alpha value is -2.89. The van der Waals surface area contributed by atoms with Crippen LogP contribution in [-0.4, -0.2) is 35.0 Å². The molecule has 1 N–H and O–H groups in total. The van der Waals surface area contributed by atoms with Crippen molar-refractivity contribution in [2.45, 2.75) is 45.9 Å². The molecule has 0 fully saturated rings. The van der Waals surface area contributed by atoms with Gasteiger partial charge >= 0.3 is 0 Å². The summed E-state index contributed by atoms with van der Waals surface area (Å²) in [4.78, 5) is 13.7. The highest BCUT2D eigenvalue weighted by Crippen LogP contribution is 2.18. The number of carbonyl (C=O) groups is 1. The third-order valence-corrected chi connectivity index (χ3v) is 5.16. The van der Waals surface area contributed by atoms with Crippen LogP contribution in [0.15, 0.2) is 71.3 Å². The molecule has 0 bridgehead atoms. The second-order valence-electron chi connectivity index (χ2n) is 8.19. The lowest BCUT2D eigenvalue weighted by Gasteiger charge is -2.24. The molecule has 0 aliphatic heterocycles. The molecule has 0 spiro atoms. The van der Waals surface area contributed by atoms with Crippen LogP contribution in [0.5, 0.6) is 5.75 Å². The quantitative estimate of drug-likeness (QED) is 0.439. The Bertz CT molecular complexity index is 948. The molecule has 0 radical (unpaired) electrons. The molecule has 31 heavy (non-hydrogen) atoms. The van der Waals surface area contributed by atoms with Crippen LogP contribution < -0.4 is 4.74 Å². The molecule has 3 rings (SSSR count). The molecule has 1 aromatic heterocycles. The molecule has 0 aliphatic rings. The van der Waals surface area contributed by atoms with E-state index in [4.69, 9.17) is 9.15 Å². The van der Waals surface area contributed by atoms with Gasteiger partial charge in [-0.05, 0) is 48.2 Å². The zero-order valence-electron chi connectivity index (χ0n) is 18.5. The number of Topliss-reactive ketones (excluding diaryl/α,β-unsaturated/α-hetero) is 1. The van der Waals surface area contributed by atoms with E-state index in [0.29, 0.717) is 36.9 Å². The zero-order valence-corrected chi connectivity index (χ0v) is 18.5. The fourth-order valence-corrected chi connectivity index (χ4v) is 3.42. The van der Waals surface area contributed by atoms with Crippen molar-refractivity contribution >= 4 is 5.78 Å². The van der Waals surface area contributed by atoms with Crippen LogP contribution in [0.3, 0.4) is 0 Å². The van der Waals surface area contributed by atoms with Gasteiger partial charge in [-0.1, -0.05) is 50.2 Å². The molecule has 164 valence electrons. The summed E-state index contributed by atoms with van der Waals surface area (Å²) in [6, 6.07) is 19.4. The van der Waals surface area contributed by atoms with E-state index in [2.05, 4.69) is 43.0 Å². The average molecular weight is 422 g/mol. The van der Waals surface area contributed by atoms with Crippen molar-refractivity contribution in [2.24, 2.45) is 0 Å². The molecule has 5 nitrogen and oxygen atoms in total. The number of ether oxygens (including phenoxy) is 1. The average Bonchev–Trinajstić information content (AvgIpc) is 3.26. The molecule has 3 aromatic rings. The lowest BCUT2D eigenvalue weighted by atomic mass is 10.0. The highest BCUT2D eigenvalue weighted by molar-refractivity contribution is 5.94. The van der Waals surface area contributed by atoms with E-state index in [1.54, 1.807) is 30.5 Å². The topological polar surface area (TPSA) is 62.9 Å². The standard InChI is InChI=1S/C26H31NO4/c1-19(2)22-11-9-21(10-12-22)15-27(17-26-8-5-13-30-26)16-24(29)18-31-25-7-4-6-23(14-25)20(3)28/h4-14,19,24,29H,15-18H2,1-3H3. The Kier molecular flexibility index (Phi) is 8.04. The van der Waals surface area contributed by atoms with Gasteiger partial charge in [0.05, 0.1) is 12.8 Å². The first-order valence-corrected chi connectivity index (χ1v) is 10.7. The van der Waals surface area contributed by atoms with Gasteiger partial charge in [-0.3, -0.25) is 9.69 Å². The number of aliphatic hydroxyl groups is 1. The molecular weight excluding hydrogens is 390 g/mol. The SMILES string of the molecule is CC(=O)c1cccc(OCC(O)CN(Cc2ccc(C(C)C)cc2)Cc2ccco2)c1. The number of hydrogen-bond acceptors (Lipinski definition) is 5. The Morgan fingerprint density at radius 2 is 1.84 bits per heavy atom. The molecular formula is C26H31NO4. The van der Waals surface area contributed by atoms with E-state index in [9.17, 15) is 9.90 Å². The van der Waals surface area contributed by atoms with Gasteiger partial charge in [0.15, 0.2) is 5.78 Å². The fourth-order valence-electron chi connectivity index (χ4n) is 3.42. The van der Waals surface area contributed by atoms with Crippen LogP contribution in [-0.2, 0) is 13.1 Å². The van der Waals surface area contributed by atoms with Crippen LogP contribution in [0, 0.1) is 0 Å². The molecule has 0 saturated heterocycles. The van der Waals surface area contributed by atoms with Crippen molar-refractivity contribution in [3.05, 3.63) is 89.4 Å². The Morgan fingerprint density at radius 1 is 1.06 bits per heavy atom. The smallest absolute Gasteiger partial charge is 0.159 e. The first-order chi connectivity index (χ1) is 14.9. The highest BCUT2D eigenvalue weighted by Gasteiger charge is 2.15. The van der Waals surface area contributed by atoms with Crippen molar-refractivity contribution < 1.29 is 19.1 Å². The van der Waals surface area contributed by atoms with E-state index in [0.717, 1.165) is 5.76 Å². The number of benzene rings is 2. The van der Waals surface area contributed by atoms with Crippen molar-refractivity contribution in [3.8, 4) is 5.75 Å². The maximum atomic E-state index is 11.5. The maximum Gasteiger partial charge on any atom is 0.159 e. The van der Waals surface area contributed by atoms with Crippen molar-refractivity contribution in [1.82, 2.24) is 4.90 Å². The summed E-state index contributed by atoms with van der Waals surface area (Å²) in [6.45, 7) is 7.74. The first-order valence-electron chi connectivity index (χ1n) is 10.7. The summed E-state index contributed by atoms with van der Waals surface area (Å²) in [5, 5.41) is 10.6. The minimum absolute atomic E-state index is 0.0147. The molecule has 1 unspecified atom stereocenters. The van der Waals surface area contributed by atoms with E-state index in [1.165, 1.54) is 18.1 Å².